The molecular formula is C17H19NO4S. The molecule has 0 saturated heterocycles. The smallest absolute Gasteiger partial charge is 0.255 e. The van der Waals surface area contributed by atoms with E-state index in [0.717, 1.165) is 12.0 Å². The molecular weight excluding hydrogens is 314 g/mol. The molecule has 5 nitrogen and oxygen atoms in total. The van der Waals surface area contributed by atoms with Crippen molar-refractivity contribution in [2.45, 2.75) is 24.8 Å². The molecule has 0 aromatic heterocycles. The fraction of sp³-hybridized carbons (Fsp3) is 0.235. The summed E-state index contributed by atoms with van der Waals surface area (Å²) >= 11 is 0. The van der Waals surface area contributed by atoms with Gasteiger partial charge in [-0.25, -0.2) is 8.42 Å². The number of anilines is 1. The zero-order valence-corrected chi connectivity index (χ0v) is 14.1. The summed E-state index contributed by atoms with van der Waals surface area (Å²) in [4.78, 5) is 12.3. The third-order valence-corrected chi connectivity index (χ3v) is 4.16. The number of hydrogen-bond donors (Lipinski definition) is 1. The van der Waals surface area contributed by atoms with Crippen molar-refractivity contribution in [2.75, 3.05) is 11.6 Å². The van der Waals surface area contributed by atoms with E-state index in [9.17, 15) is 13.2 Å². The van der Waals surface area contributed by atoms with Crippen molar-refractivity contribution in [1.29, 1.82) is 0 Å². The molecule has 0 heterocycles. The summed E-state index contributed by atoms with van der Waals surface area (Å²) < 4.78 is 28.3. The first kappa shape index (κ1) is 17.0. The number of sulfone groups is 1. The molecule has 0 spiro atoms. The number of carbonyl (C=O) groups is 1. The fourth-order valence-electron chi connectivity index (χ4n) is 1.95. The molecule has 1 N–H and O–H groups in total. The Bertz CT molecular complexity index is 778. The molecule has 0 aliphatic carbocycles. The molecule has 0 atom stereocenters. The Hall–Kier alpha value is -2.34. The Morgan fingerprint density at radius 3 is 2.04 bits per heavy atom. The van der Waals surface area contributed by atoms with E-state index in [1.54, 1.807) is 24.3 Å². The molecule has 23 heavy (non-hydrogen) atoms. The predicted molar refractivity (Wildman–Crippen MR) is 89.7 cm³/mol. The molecule has 6 heteroatoms. The number of rotatable bonds is 5. The number of nitrogens with one attached hydrogen (secondary N) is 1. The Labute approximate surface area is 136 Å². The van der Waals surface area contributed by atoms with E-state index in [1.165, 1.54) is 24.3 Å². The Morgan fingerprint density at radius 1 is 1.00 bits per heavy atom. The molecule has 2 rings (SSSR count). The van der Waals surface area contributed by atoms with Crippen LogP contribution in [0.25, 0.3) is 0 Å². The molecule has 0 bridgehead atoms. The highest BCUT2D eigenvalue weighted by atomic mass is 32.2. The second-order valence-corrected chi connectivity index (χ2v) is 7.46. The van der Waals surface area contributed by atoms with Gasteiger partial charge >= 0.3 is 0 Å². The molecule has 2 aromatic rings. The van der Waals surface area contributed by atoms with Crippen molar-refractivity contribution in [2.24, 2.45) is 0 Å². The monoisotopic (exact) mass is 333 g/mol. The Balaban J connectivity index is 2.07. The van der Waals surface area contributed by atoms with E-state index in [0.29, 0.717) is 11.3 Å². The van der Waals surface area contributed by atoms with Crippen LogP contribution in [-0.2, 0) is 9.84 Å². The van der Waals surface area contributed by atoms with Crippen molar-refractivity contribution in [1.82, 2.24) is 0 Å². The summed E-state index contributed by atoms with van der Waals surface area (Å²) in [7, 11) is -3.26. The van der Waals surface area contributed by atoms with Crippen LogP contribution in [0.5, 0.6) is 5.75 Å². The maximum atomic E-state index is 12.1. The van der Waals surface area contributed by atoms with E-state index in [2.05, 4.69) is 5.32 Å². The van der Waals surface area contributed by atoms with E-state index in [4.69, 9.17) is 4.74 Å². The topological polar surface area (TPSA) is 72.5 Å². The lowest BCUT2D eigenvalue weighted by Crippen LogP contribution is -2.12. The zero-order chi connectivity index (χ0) is 17.0. The summed E-state index contributed by atoms with van der Waals surface area (Å²) in [5.41, 5.74) is 1.03. The molecule has 0 aliphatic rings. The highest BCUT2D eigenvalue weighted by Gasteiger charge is 2.10. The normalized spacial score (nSPS) is 11.3. The van der Waals surface area contributed by atoms with Gasteiger partial charge in [-0.2, -0.15) is 0 Å². The van der Waals surface area contributed by atoms with Crippen molar-refractivity contribution < 1.29 is 17.9 Å². The predicted octanol–water partition coefficient (Wildman–Crippen LogP) is 3.13. The van der Waals surface area contributed by atoms with Crippen molar-refractivity contribution in [3.8, 4) is 5.75 Å². The number of carbonyl (C=O) groups excluding carboxylic acids is 1. The van der Waals surface area contributed by atoms with Gasteiger partial charge < -0.3 is 10.1 Å². The van der Waals surface area contributed by atoms with Gasteiger partial charge in [-0.1, -0.05) is 0 Å². The van der Waals surface area contributed by atoms with Crippen LogP contribution in [0.4, 0.5) is 5.69 Å². The fourth-order valence-corrected chi connectivity index (χ4v) is 2.58. The van der Waals surface area contributed by atoms with Crippen LogP contribution in [-0.4, -0.2) is 26.7 Å². The third-order valence-electron chi connectivity index (χ3n) is 3.03. The third kappa shape index (κ3) is 4.82. The highest BCUT2D eigenvalue weighted by molar-refractivity contribution is 7.90. The maximum absolute atomic E-state index is 12.1. The van der Waals surface area contributed by atoms with Gasteiger partial charge in [0.05, 0.1) is 11.0 Å². The molecule has 2 aromatic carbocycles. The minimum Gasteiger partial charge on any atom is -0.491 e. The highest BCUT2D eigenvalue weighted by Crippen LogP contribution is 2.18. The quantitative estimate of drug-likeness (QED) is 0.912. The minimum atomic E-state index is -3.26. The lowest BCUT2D eigenvalue weighted by Gasteiger charge is -2.10. The first-order valence-corrected chi connectivity index (χ1v) is 9.03. The summed E-state index contributed by atoms with van der Waals surface area (Å²) in [6.45, 7) is 3.88. The van der Waals surface area contributed by atoms with Crippen LogP contribution in [0.3, 0.4) is 0 Å². The Kier molecular flexibility index (Phi) is 5.05. The molecule has 0 aliphatic heterocycles. The molecule has 0 saturated carbocycles. The standard InChI is InChI=1S/C17H19NO4S/c1-12(2)22-15-8-6-14(7-9-15)18-17(19)13-4-10-16(11-5-13)23(3,20)21/h4-12H,1-3H3,(H,18,19). The average molecular weight is 333 g/mol. The van der Waals surface area contributed by atoms with E-state index < -0.39 is 9.84 Å². The number of hydrogen-bond acceptors (Lipinski definition) is 4. The van der Waals surface area contributed by atoms with Crippen molar-refractivity contribution >= 4 is 21.4 Å². The lowest BCUT2D eigenvalue weighted by atomic mass is 10.2. The number of amides is 1. The second kappa shape index (κ2) is 6.83. The first-order valence-electron chi connectivity index (χ1n) is 7.14. The van der Waals surface area contributed by atoms with Gasteiger partial charge in [-0.05, 0) is 62.4 Å². The summed E-state index contributed by atoms with van der Waals surface area (Å²) in [5.74, 6) is 0.429. The average Bonchev–Trinajstić information content (AvgIpc) is 2.48. The number of benzene rings is 2. The van der Waals surface area contributed by atoms with Crippen LogP contribution in [0.1, 0.15) is 24.2 Å². The van der Waals surface area contributed by atoms with E-state index in [1.807, 2.05) is 13.8 Å². The van der Waals surface area contributed by atoms with Gasteiger partial charge in [-0.15, -0.1) is 0 Å². The zero-order valence-electron chi connectivity index (χ0n) is 13.2. The van der Waals surface area contributed by atoms with Gasteiger partial charge in [-0.3, -0.25) is 4.79 Å². The lowest BCUT2D eigenvalue weighted by molar-refractivity contribution is 0.102. The molecule has 0 unspecified atom stereocenters. The summed E-state index contributed by atoms with van der Waals surface area (Å²) in [6, 6.07) is 12.9. The van der Waals surface area contributed by atoms with Crippen molar-refractivity contribution in [3.63, 3.8) is 0 Å². The Morgan fingerprint density at radius 2 is 1.57 bits per heavy atom. The molecule has 122 valence electrons. The molecule has 0 radical (unpaired) electrons. The van der Waals surface area contributed by atoms with Gasteiger partial charge in [0, 0.05) is 17.5 Å². The largest absolute Gasteiger partial charge is 0.491 e. The van der Waals surface area contributed by atoms with Crippen LogP contribution in [0.2, 0.25) is 0 Å². The molecule has 0 fully saturated rings. The summed E-state index contributed by atoms with van der Waals surface area (Å²) in [5, 5.41) is 2.75. The maximum Gasteiger partial charge on any atom is 0.255 e. The van der Waals surface area contributed by atoms with Gasteiger partial charge in [0.15, 0.2) is 9.84 Å². The SMILES string of the molecule is CC(C)Oc1ccc(NC(=O)c2ccc(S(C)(=O)=O)cc2)cc1. The van der Waals surface area contributed by atoms with E-state index >= 15 is 0 Å². The van der Waals surface area contributed by atoms with Crippen molar-refractivity contribution in [3.05, 3.63) is 54.1 Å². The van der Waals surface area contributed by atoms with E-state index in [-0.39, 0.29) is 16.9 Å². The van der Waals surface area contributed by atoms with Crippen LogP contribution in [0, 0.1) is 0 Å². The van der Waals surface area contributed by atoms with Crippen LogP contribution >= 0.6 is 0 Å². The van der Waals surface area contributed by atoms with Crippen LogP contribution < -0.4 is 10.1 Å². The van der Waals surface area contributed by atoms with Crippen LogP contribution in [0.15, 0.2) is 53.4 Å². The van der Waals surface area contributed by atoms with Gasteiger partial charge in [0.25, 0.3) is 5.91 Å². The van der Waals surface area contributed by atoms with Gasteiger partial charge in [0.1, 0.15) is 5.75 Å². The van der Waals surface area contributed by atoms with Gasteiger partial charge in [0.2, 0.25) is 0 Å². The summed E-state index contributed by atoms with van der Waals surface area (Å²) in [6.07, 6.45) is 1.21. The minimum absolute atomic E-state index is 0.0869. The second-order valence-electron chi connectivity index (χ2n) is 5.44. The first-order chi connectivity index (χ1) is 10.8. The number of ether oxygens (including phenoxy) is 1. The molecule has 1 amide bonds.